The second-order valence-corrected chi connectivity index (χ2v) is 7.31. The molecule has 1 N–H and O–H groups in total. The summed E-state index contributed by atoms with van der Waals surface area (Å²) in [7, 11) is 0. The summed E-state index contributed by atoms with van der Waals surface area (Å²) in [5.74, 6) is -1.01. The van der Waals surface area contributed by atoms with Crippen molar-refractivity contribution in [3.63, 3.8) is 0 Å². The number of hydrogen-bond acceptors (Lipinski definition) is 6. The maximum atomic E-state index is 12.4. The highest BCUT2D eigenvalue weighted by molar-refractivity contribution is 7.09. The monoisotopic (exact) mass is 374 g/mol. The molecule has 1 aromatic heterocycles. The van der Waals surface area contributed by atoms with Gasteiger partial charge in [0.2, 0.25) is 11.7 Å². The van der Waals surface area contributed by atoms with Gasteiger partial charge in [-0.25, -0.2) is 4.98 Å². The Balaban J connectivity index is 1.92. The smallest absolute Gasteiger partial charge is 0.312 e. The number of aryl methyl sites for hydroxylation is 1. The lowest BCUT2D eigenvalue weighted by Crippen LogP contribution is -2.25. The molecule has 7 heteroatoms. The zero-order valence-electron chi connectivity index (χ0n) is 15.2. The highest BCUT2D eigenvalue weighted by Gasteiger charge is 2.20. The van der Waals surface area contributed by atoms with Crippen LogP contribution in [0, 0.1) is 12.8 Å². The number of rotatable bonds is 7. The average Bonchev–Trinajstić information content (AvgIpc) is 2.99. The van der Waals surface area contributed by atoms with Gasteiger partial charge >= 0.3 is 5.97 Å². The molecule has 1 amide bonds. The largest absolute Gasteiger partial charge is 0.454 e. The van der Waals surface area contributed by atoms with Crippen LogP contribution in [0.2, 0.25) is 0 Å². The molecule has 0 aliphatic heterocycles. The van der Waals surface area contributed by atoms with Crippen molar-refractivity contribution in [2.75, 3.05) is 5.32 Å². The SMILES string of the molecule is Cc1nc(CC(=O)O[C@@H](C)C(=O)c2ccc(NC(=O)C(C)C)cc2)cs1. The van der Waals surface area contributed by atoms with Crippen LogP contribution >= 0.6 is 11.3 Å². The summed E-state index contributed by atoms with van der Waals surface area (Å²) >= 11 is 1.46. The topological polar surface area (TPSA) is 85.4 Å². The summed E-state index contributed by atoms with van der Waals surface area (Å²) in [6, 6.07) is 6.51. The molecule has 138 valence electrons. The van der Waals surface area contributed by atoms with Crippen LogP contribution in [0.25, 0.3) is 0 Å². The molecule has 1 aromatic carbocycles. The quantitative estimate of drug-likeness (QED) is 0.593. The summed E-state index contributed by atoms with van der Waals surface area (Å²) in [4.78, 5) is 40.2. The van der Waals surface area contributed by atoms with Gasteiger partial charge in [0.05, 0.1) is 17.1 Å². The maximum Gasteiger partial charge on any atom is 0.312 e. The van der Waals surface area contributed by atoms with Crippen molar-refractivity contribution in [2.45, 2.75) is 40.2 Å². The summed E-state index contributed by atoms with van der Waals surface area (Å²) in [5.41, 5.74) is 1.67. The van der Waals surface area contributed by atoms with E-state index in [-0.39, 0.29) is 24.0 Å². The van der Waals surface area contributed by atoms with Crippen molar-refractivity contribution in [2.24, 2.45) is 5.92 Å². The summed E-state index contributed by atoms with van der Waals surface area (Å²) in [5, 5.41) is 5.43. The van der Waals surface area contributed by atoms with Crippen molar-refractivity contribution in [1.29, 1.82) is 0 Å². The number of thiazole rings is 1. The molecule has 0 spiro atoms. The number of esters is 1. The predicted octanol–water partition coefficient (Wildman–Crippen LogP) is 3.40. The van der Waals surface area contributed by atoms with Gasteiger partial charge in [0.15, 0.2) is 6.10 Å². The van der Waals surface area contributed by atoms with Crippen LogP contribution in [0.4, 0.5) is 5.69 Å². The van der Waals surface area contributed by atoms with Gasteiger partial charge in [-0.3, -0.25) is 14.4 Å². The van der Waals surface area contributed by atoms with Gasteiger partial charge in [-0.2, -0.15) is 0 Å². The van der Waals surface area contributed by atoms with Crippen LogP contribution in [-0.4, -0.2) is 28.7 Å². The van der Waals surface area contributed by atoms with E-state index in [1.54, 1.807) is 50.4 Å². The number of ketones is 1. The fraction of sp³-hybridized carbons (Fsp3) is 0.368. The Morgan fingerprint density at radius 3 is 2.35 bits per heavy atom. The Kier molecular flexibility index (Phi) is 6.63. The van der Waals surface area contributed by atoms with Gasteiger partial charge in [0.25, 0.3) is 0 Å². The molecule has 0 radical (unpaired) electrons. The predicted molar refractivity (Wildman–Crippen MR) is 100 cm³/mol. The number of carbonyl (C=O) groups excluding carboxylic acids is 3. The van der Waals surface area contributed by atoms with Crippen molar-refractivity contribution in [3.8, 4) is 0 Å². The van der Waals surface area contributed by atoms with E-state index in [1.165, 1.54) is 11.3 Å². The number of benzene rings is 1. The van der Waals surface area contributed by atoms with Crippen LogP contribution in [0.1, 0.15) is 41.8 Å². The first-order valence-corrected chi connectivity index (χ1v) is 9.20. The van der Waals surface area contributed by atoms with Gasteiger partial charge in [-0.15, -0.1) is 11.3 Å². The van der Waals surface area contributed by atoms with E-state index in [1.807, 2.05) is 6.92 Å². The van der Waals surface area contributed by atoms with Crippen molar-refractivity contribution in [1.82, 2.24) is 4.98 Å². The normalized spacial score (nSPS) is 11.9. The molecule has 6 nitrogen and oxygen atoms in total. The van der Waals surface area contributed by atoms with Crippen molar-refractivity contribution >= 4 is 34.7 Å². The molecule has 0 aliphatic rings. The molecule has 0 saturated heterocycles. The third kappa shape index (κ3) is 5.49. The third-order valence-electron chi connectivity index (χ3n) is 3.63. The molecule has 2 aromatic rings. The van der Waals surface area contributed by atoms with E-state index < -0.39 is 12.1 Å². The first kappa shape index (κ1) is 19.8. The highest BCUT2D eigenvalue weighted by atomic mass is 32.1. The lowest BCUT2D eigenvalue weighted by Gasteiger charge is -2.13. The number of nitrogens with zero attached hydrogens (tertiary/aromatic N) is 1. The fourth-order valence-corrected chi connectivity index (χ4v) is 2.78. The number of anilines is 1. The standard InChI is InChI=1S/C19H22N2O4S/c1-11(2)19(24)21-15-7-5-14(6-8-15)18(23)12(3)25-17(22)9-16-10-26-13(4)20-16/h5-8,10-12H,9H2,1-4H3,(H,21,24)/t12-/m0/s1. The van der Waals surface area contributed by atoms with Gasteiger partial charge < -0.3 is 10.1 Å². The molecule has 0 bridgehead atoms. The number of hydrogen-bond donors (Lipinski definition) is 1. The Morgan fingerprint density at radius 2 is 1.81 bits per heavy atom. The molecule has 0 aliphatic carbocycles. The molecule has 1 atom stereocenters. The molecular weight excluding hydrogens is 352 g/mol. The Labute approximate surface area is 156 Å². The van der Waals surface area contributed by atoms with Crippen LogP contribution in [0.15, 0.2) is 29.6 Å². The number of Topliss-reactive ketones (excluding diaryl/α,β-unsaturated/α-hetero) is 1. The minimum absolute atomic E-state index is 0.0438. The zero-order valence-corrected chi connectivity index (χ0v) is 16.1. The second kappa shape index (κ2) is 8.71. The van der Waals surface area contributed by atoms with E-state index in [0.717, 1.165) is 5.01 Å². The average molecular weight is 374 g/mol. The van der Waals surface area contributed by atoms with E-state index in [4.69, 9.17) is 4.74 Å². The highest BCUT2D eigenvalue weighted by Crippen LogP contribution is 2.14. The molecular formula is C19H22N2O4S. The molecule has 2 rings (SSSR count). The third-order valence-corrected chi connectivity index (χ3v) is 4.45. The van der Waals surface area contributed by atoms with Crippen LogP contribution in [-0.2, 0) is 20.7 Å². The number of aromatic nitrogens is 1. The van der Waals surface area contributed by atoms with Gasteiger partial charge in [-0.05, 0) is 38.1 Å². The molecule has 1 heterocycles. The van der Waals surface area contributed by atoms with E-state index in [9.17, 15) is 14.4 Å². The number of nitrogens with one attached hydrogen (secondary N) is 1. The van der Waals surface area contributed by atoms with Crippen LogP contribution < -0.4 is 5.32 Å². The van der Waals surface area contributed by atoms with E-state index in [0.29, 0.717) is 16.9 Å². The second-order valence-electron chi connectivity index (χ2n) is 6.25. The van der Waals surface area contributed by atoms with Gasteiger partial charge in [-0.1, -0.05) is 13.8 Å². The Morgan fingerprint density at radius 1 is 1.15 bits per heavy atom. The molecule has 0 saturated carbocycles. The first-order valence-electron chi connectivity index (χ1n) is 8.32. The lowest BCUT2D eigenvalue weighted by molar-refractivity contribution is -0.145. The van der Waals surface area contributed by atoms with Crippen molar-refractivity contribution in [3.05, 3.63) is 45.9 Å². The van der Waals surface area contributed by atoms with Gasteiger partial charge in [0.1, 0.15) is 0 Å². The van der Waals surface area contributed by atoms with E-state index in [2.05, 4.69) is 10.3 Å². The minimum Gasteiger partial charge on any atom is -0.454 e. The first-order chi connectivity index (χ1) is 12.3. The zero-order chi connectivity index (χ0) is 19.3. The maximum absolute atomic E-state index is 12.4. The molecule has 0 fully saturated rings. The number of amides is 1. The van der Waals surface area contributed by atoms with E-state index >= 15 is 0 Å². The Bertz CT molecular complexity index is 796. The summed E-state index contributed by atoms with van der Waals surface area (Å²) in [6.45, 7) is 7.01. The fourth-order valence-electron chi connectivity index (χ4n) is 2.17. The molecule has 26 heavy (non-hydrogen) atoms. The van der Waals surface area contributed by atoms with Crippen molar-refractivity contribution < 1.29 is 19.1 Å². The summed E-state index contributed by atoms with van der Waals surface area (Å²) in [6.07, 6.45) is -0.847. The molecule has 0 unspecified atom stereocenters. The number of carbonyl (C=O) groups is 3. The lowest BCUT2D eigenvalue weighted by atomic mass is 10.1. The minimum atomic E-state index is -0.890. The van der Waals surface area contributed by atoms with Crippen LogP contribution in [0.3, 0.4) is 0 Å². The summed E-state index contributed by atoms with van der Waals surface area (Å²) < 4.78 is 5.21. The Hall–Kier alpha value is -2.54. The van der Waals surface area contributed by atoms with Gasteiger partial charge in [0, 0.05) is 22.5 Å². The van der Waals surface area contributed by atoms with Crippen LogP contribution in [0.5, 0.6) is 0 Å². The number of ether oxygens (including phenoxy) is 1.